The average Bonchev–Trinajstić information content (AvgIpc) is 3.64. The normalized spacial score (nSPS) is 16.0. The van der Waals surface area contributed by atoms with E-state index in [1.54, 1.807) is 33.6 Å². The van der Waals surface area contributed by atoms with Crippen molar-refractivity contribution in [2.75, 3.05) is 13.1 Å². The number of nitrogens with zero attached hydrogens (tertiary/aromatic N) is 7. The number of aromatic nitrogens is 6. The summed E-state index contributed by atoms with van der Waals surface area (Å²) >= 11 is 0. The number of amides is 1. The minimum absolute atomic E-state index is 0.124. The fraction of sp³-hybridized carbons (Fsp3) is 0.321. The maximum Gasteiger partial charge on any atom is 0.410 e. The summed E-state index contributed by atoms with van der Waals surface area (Å²) in [6.07, 6.45) is 7.44. The molecule has 38 heavy (non-hydrogen) atoms. The lowest BCUT2D eigenvalue weighted by Crippen LogP contribution is -2.36. The van der Waals surface area contributed by atoms with Gasteiger partial charge in [-0.25, -0.2) is 19.3 Å². The van der Waals surface area contributed by atoms with Crippen molar-refractivity contribution in [3.63, 3.8) is 0 Å². The minimum atomic E-state index is -0.574. The first-order valence-corrected chi connectivity index (χ1v) is 12.6. The molecular formula is C28H29N7O3. The van der Waals surface area contributed by atoms with Crippen molar-refractivity contribution < 1.29 is 9.53 Å². The predicted octanol–water partition coefficient (Wildman–Crippen LogP) is 4.32. The van der Waals surface area contributed by atoms with Crippen LogP contribution in [0.3, 0.4) is 0 Å². The number of carbonyl (C=O) groups is 1. The fourth-order valence-electron chi connectivity index (χ4n) is 5.09. The highest BCUT2D eigenvalue weighted by Crippen LogP contribution is 2.32. The van der Waals surface area contributed by atoms with E-state index in [2.05, 4.69) is 21.1 Å². The number of fused-ring (bicyclic) bond motifs is 3. The second-order valence-electron chi connectivity index (χ2n) is 10.7. The first-order valence-electron chi connectivity index (χ1n) is 12.6. The van der Waals surface area contributed by atoms with E-state index in [0.29, 0.717) is 19.5 Å². The molecule has 0 bridgehead atoms. The molecule has 1 saturated heterocycles. The van der Waals surface area contributed by atoms with Crippen molar-refractivity contribution in [2.24, 2.45) is 7.05 Å². The van der Waals surface area contributed by atoms with E-state index < -0.39 is 5.60 Å². The highest BCUT2D eigenvalue weighted by atomic mass is 16.6. The lowest BCUT2D eigenvalue weighted by Gasteiger charge is -2.24. The number of pyridine rings is 2. The van der Waals surface area contributed by atoms with Gasteiger partial charge in [0.1, 0.15) is 5.60 Å². The predicted molar refractivity (Wildman–Crippen MR) is 144 cm³/mol. The van der Waals surface area contributed by atoms with Gasteiger partial charge in [0.25, 0.3) is 0 Å². The van der Waals surface area contributed by atoms with Crippen LogP contribution in [0.1, 0.15) is 33.2 Å². The van der Waals surface area contributed by atoms with Gasteiger partial charge in [0, 0.05) is 49.7 Å². The summed E-state index contributed by atoms with van der Waals surface area (Å²) in [6, 6.07) is 11.7. The van der Waals surface area contributed by atoms with Crippen LogP contribution in [0.5, 0.6) is 0 Å². The standard InChI is InChI=1S/C28H29N7O3/c1-28(2,3)38-27(37)33-13-10-20(17-33)35-25-21-14-18(6-8-22(21)29-16-23(25)32(4)26(35)36)19-7-9-24(30-15-19)34-12-5-11-31-34/h5-9,11-12,14-16,20H,10,13,17H2,1-4H3. The van der Waals surface area contributed by atoms with E-state index in [0.717, 1.165) is 38.9 Å². The lowest BCUT2D eigenvalue weighted by molar-refractivity contribution is 0.0289. The third-order valence-electron chi connectivity index (χ3n) is 6.92. The monoisotopic (exact) mass is 511 g/mol. The molecule has 0 radical (unpaired) electrons. The second kappa shape index (κ2) is 8.83. The van der Waals surface area contributed by atoms with E-state index in [4.69, 9.17) is 4.74 Å². The first kappa shape index (κ1) is 23.9. The summed E-state index contributed by atoms with van der Waals surface area (Å²) in [5.41, 5.74) is 3.58. The molecule has 5 heterocycles. The van der Waals surface area contributed by atoms with Gasteiger partial charge in [0.15, 0.2) is 5.82 Å². The summed E-state index contributed by atoms with van der Waals surface area (Å²) in [7, 11) is 1.76. The van der Waals surface area contributed by atoms with Crippen molar-refractivity contribution in [1.82, 2.24) is 33.8 Å². The van der Waals surface area contributed by atoms with Crippen molar-refractivity contribution in [2.45, 2.75) is 38.8 Å². The molecule has 1 fully saturated rings. The van der Waals surface area contributed by atoms with Crippen LogP contribution in [0.15, 0.2) is 66.0 Å². The molecule has 10 heteroatoms. The van der Waals surface area contributed by atoms with E-state index in [1.165, 1.54) is 0 Å². The number of likely N-dealkylation sites (tertiary alicyclic amines) is 1. The third-order valence-corrected chi connectivity index (χ3v) is 6.92. The molecule has 1 amide bonds. The Kier molecular flexibility index (Phi) is 5.55. The zero-order chi connectivity index (χ0) is 26.6. The van der Waals surface area contributed by atoms with Gasteiger partial charge in [0.05, 0.1) is 28.8 Å². The maximum atomic E-state index is 13.5. The number of aryl methyl sites for hydroxylation is 1. The topological polar surface area (TPSA) is 100 Å². The summed E-state index contributed by atoms with van der Waals surface area (Å²) in [5, 5.41) is 5.11. The quantitative estimate of drug-likeness (QED) is 0.358. The molecule has 4 aromatic heterocycles. The van der Waals surface area contributed by atoms with Gasteiger partial charge in [0.2, 0.25) is 0 Å². The molecule has 0 spiro atoms. The fourth-order valence-corrected chi connectivity index (χ4v) is 5.09. The van der Waals surface area contributed by atoms with E-state index in [-0.39, 0.29) is 17.8 Å². The van der Waals surface area contributed by atoms with Crippen LogP contribution in [0.4, 0.5) is 4.79 Å². The minimum Gasteiger partial charge on any atom is -0.444 e. The van der Waals surface area contributed by atoms with Gasteiger partial charge >= 0.3 is 11.8 Å². The molecule has 0 N–H and O–H groups in total. The number of rotatable bonds is 3. The molecule has 1 aromatic carbocycles. The maximum absolute atomic E-state index is 13.5. The number of hydrogen-bond donors (Lipinski definition) is 0. The van der Waals surface area contributed by atoms with Crippen molar-refractivity contribution in [3.8, 4) is 16.9 Å². The smallest absolute Gasteiger partial charge is 0.410 e. The molecule has 5 aromatic rings. The van der Waals surface area contributed by atoms with Crippen LogP contribution in [0, 0.1) is 0 Å². The molecule has 10 nitrogen and oxygen atoms in total. The van der Waals surface area contributed by atoms with E-state index >= 15 is 0 Å². The zero-order valence-electron chi connectivity index (χ0n) is 21.8. The van der Waals surface area contributed by atoms with Gasteiger partial charge in [-0.2, -0.15) is 5.10 Å². The number of benzene rings is 1. The Labute approximate surface area is 219 Å². The lowest BCUT2D eigenvalue weighted by atomic mass is 10.0. The molecule has 1 aliphatic heterocycles. The summed E-state index contributed by atoms with van der Waals surface area (Å²) in [5.74, 6) is 0.733. The summed E-state index contributed by atoms with van der Waals surface area (Å²) in [4.78, 5) is 37.0. The Morgan fingerprint density at radius 2 is 1.89 bits per heavy atom. The molecule has 1 aliphatic rings. The number of ether oxygens (including phenoxy) is 1. The highest BCUT2D eigenvalue weighted by molar-refractivity contribution is 6.04. The van der Waals surface area contributed by atoms with Crippen LogP contribution < -0.4 is 5.69 Å². The van der Waals surface area contributed by atoms with Gasteiger partial charge in [-0.05, 0) is 63.1 Å². The molecule has 1 atom stereocenters. The number of hydrogen-bond acceptors (Lipinski definition) is 6. The zero-order valence-corrected chi connectivity index (χ0v) is 21.8. The molecule has 0 saturated carbocycles. The van der Waals surface area contributed by atoms with Crippen molar-refractivity contribution >= 4 is 28.0 Å². The number of imidazole rings is 1. The van der Waals surface area contributed by atoms with Gasteiger partial charge < -0.3 is 9.64 Å². The largest absolute Gasteiger partial charge is 0.444 e. The Hall–Kier alpha value is -4.47. The molecule has 1 unspecified atom stereocenters. The van der Waals surface area contributed by atoms with E-state index in [9.17, 15) is 9.59 Å². The summed E-state index contributed by atoms with van der Waals surface area (Å²) < 4.78 is 10.7. The number of carbonyl (C=O) groups excluding carboxylic acids is 1. The van der Waals surface area contributed by atoms with Crippen LogP contribution in [0.2, 0.25) is 0 Å². The Morgan fingerprint density at radius 1 is 1.08 bits per heavy atom. The van der Waals surface area contributed by atoms with Crippen LogP contribution in [-0.2, 0) is 11.8 Å². The van der Waals surface area contributed by atoms with Crippen molar-refractivity contribution in [3.05, 3.63) is 71.7 Å². The van der Waals surface area contributed by atoms with Gasteiger partial charge in [-0.3, -0.25) is 14.1 Å². The first-order chi connectivity index (χ1) is 18.2. The third kappa shape index (κ3) is 4.11. The molecule has 0 aliphatic carbocycles. The van der Waals surface area contributed by atoms with Gasteiger partial charge in [-0.1, -0.05) is 6.07 Å². The van der Waals surface area contributed by atoms with Crippen LogP contribution >= 0.6 is 0 Å². The summed E-state index contributed by atoms with van der Waals surface area (Å²) in [6.45, 7) is 6.50. The molecular weight excluding hydrogens is 482 g/mol. The molecule has 194 valence electrons. The Morgan fingerprint density at radius 3 is 2.61 bits per heavy atom. The highest BCUT2D eigenvalue weighted by Gasteiger charge is 2.33. The average molecular weight is 512 g/mol. The second-order valence-corrected chi connectivity index (χ2v) is 10.7. The Balaban J connectivity index is 1.41. The van der Waals surface area contributed by atoms with Gasteiger partial charge in [-0.15, -0.1) is 0 Å². The molecule has 6 rings (SSSR count). The van der Waals surface area contributed by atoms with E-state index in [1.807, 2.05) is 68.1 Å². The SMILES string of the molecule is Cn1c(=O)n(C2CCN(C(=O)OC(C)(C)C)C2)c2c3cc(-c4ccc(-n5cccn5)nc4)ccc3ncc21. The van der Waals surface area contributed by atoms with Crippen molar-refractivity contribution in [1.29, 1.82) is 0 Å². The van der Waals surface area contributed by atoms with Crippen LogP contribution in [0.25, 0.3) is 38.9 Å². The Bertz CT molecular complexity index is 1710. The van der Waals surface area contributed by atoms with Crippen LogP contribution in [-0.4, -0.2) is 58.6 Å².